The van der Waals surface area contributed by atoms with Gasteiger partial charge in [0.1, 0.15) is 11.6 Å². The van der Waals surface area contributed by atoms with Crippen molar-refractivity contribution in [2.45, 2.75) is 0 Å². The second-order valence-electron chi connectivity index (χ2n) is 13.1. The monoisotopic (exact) mass is 662 g/mol. The standard InChI is InChI=1S/C48H30N4/c49-31-40-46(51-42-23-11-7-19-36(42)37-20-8-12-24-43(37)51)29-34(30-47(40)52-44-25-13-9-21-38(44)39-22-10-14-26-45(39)52)35-27-28-41(32-15-3-1-4-16-32)50-48(35)33-17-5-2-6-18-33/h1-30H. The summed E-state index contributed by atoms with van der Waals surface area (Å²) >= 11 is 0. The maximum Gasteiger partial charge on any atom is 0.104 e. The van der Waals surface area contributed by atoms with Gasteiger partial charge in [0, 0.05) is 38.2 Å². The molecule has 0 aliphatic rings. The van der Waals surface area contributed by atoms with Gasteiger partial charge in [0.25, 0.3) is 0 Å². The molecule has 3 aromatic heterocycles. The average molecular weight is 663 g/mol. The van der Waals surface area contributed by atoms with Crippen molar-refractivity contribution >= 4 is 43.6 Å². The van der Waals surface area contributed by atoms with Gasteiger partial charge in [-0.25, -0.2) is 4.98 Å². The molecule has 0 aliphatic heterocycles. The number of rotatable bonds is 5. The first-order valence-electron chi connectivity index (χ1n) is 17.5. The van der Waals surface area contributed by atoms with E-state index in [1.807, 2.05) is 24.3 Å². The van der Waals surface area contributed by atoms with Gasteiger partial charge in [-0.2, -0.15) is 5.26 Å². The normalized spacial score (nSPS) is 11.4. The summed E-state index contributed by atoms with van der Waals surface area (Å²) in [5.74, 6) is 0. The first kappa shape index (κ1) is 29.7. The molecule has 0 saturated heterocycles. The molecule has 0 atom stereocenters. The molecule has 7 aromatic carbocycles. The molecular weight excluding hydrogens is 633 g/mol. The first-order valence-corrected chi connectivity index (χ1v) is 17.5. The Bertz CT molecular complexity index is 2780. The third kappa shape index (κ3) is 4.57. The molecule has 10 aromatic rings. The number of benzene rings is 7. The first-order chi connectivity index (χ1) is 25.8. The number of hydrogen-bond acceptors (Lipinski definition) is 2. The second kappa shape index (κ2) is 12.0. The van der Waals surface area contributed by atoms with Gasteiger partial charge in [-0.1, -0.05) is 140 Å². The fourth-order valence-corrected chi connectivity index (χ4v) is 7.88. The van der Waals surface area contributed by atoms with Crippen LogP contribution in [0.2, 0.25) is 0 Å². The van der Waals surface area contributed by atoms with Crippen LogP contribution in [0.15, 0.2) is 182 Å². The Hall–Kier alpha value is -7.22. The highest BCUT2D eigenvalue weighted by Crippen LogP contribution is 2.42. The predicted molar refractivity (Wildman–Crippen MR) is 214 cm³/mol. The summed E-state index contributed by atoms with van der Waals surface area (Å²) < 4.78 is 4.52. The average Bonchev–Trinajstić information content (AvgIpc) is 3.74. The molecule has 0 amide bonds. The second-order valence-corrected chi connectivity index (χ2v) is 13.1. The maximum atomic E-state index is 11.3. The Morgan fingerprint density at radius 1 is 0.404 bits per heavy atom. The minimum Gasteiger partial charge on any atom is -0.308 e. The van der Waals surface area contributed by atoms with Crippen molar-refractivity contribution in [1.82, 2.24) is 14.1 Å². The van der Waals surface area contributed by atoms with Crippen LogP contribution in [0.5, 0.6) is 0 Å². The third-order valence-electron chi connectivity index (χ3n) is 10.2. The van der Waals surface area contributed by atoms with Crippen molar-refractivity contribution in [2.75, 3.05) is 0 Å². The van der Waals surface area contributed by atoms with Gasteiger partial charge in [0.2, 0.25) is 0 Å². The molecule has 0 fully saturated rings. The van der Waals surface area contributed by atoms with E-state index in [-0.39, 0.29) is 0 Å². The van der Waals surface area contributed by atoms with E-state index in [9.17, 15) is 5.26 Å². The van der Waals surface area contributed by atoms with Crippen LogP contribution in [0.1, 0.15) is 5.56 Å². The Kier molecular flexibility index (Phi) is 6.84. The largest absolute Gasteiger partial charge is 0.308 e. The lowest BCUT2D eigenvalue weighted by Gasteiger charge is -2.19. The molecule has 0 aliphatic carbocycles. The Morgan fingerprint density at radius 2 is 0.808 bits per heavy atom. The zero-order valence-corrected chi connectivity index (χ0v) is 28.1. The fourth-order valence-electron chi connectivity index (χ4n) is 7.88. The van der Waals surface area contributed by atoms with E-state index in [0.717, 1.165) is 88.6 Å². The van der Waals surface area contributed by atoms with Crippen LogP contribution >= 0.6 is 0 Å². The number of fused-ring (bicyclic) bond motifs is 6. The lowest BCUT2D eigenvalue weighted by molar-refractivity contribution is 1.12. The number of nitriles is 1. The van der Waals surface area contributed by atoms with Crippen molar-refractivity contribution in [3.05, 3.63) is 188 Å². The highest BCUT2D eigenvalue weighted by Gasteiger charge is 2.23. The van der Waals surface area contributed by atoms with Crippen LogP contribution in [-0.4, -0.2) is 14.1 Å². The van der Waals surface area contributed by atoms with Crippen molar-refractivity contribution in [3.8, 4) is 51.1 Å². The number of nitrogens with zero attached hydrogens (tertiary/aromatic N) is 4. The predicted octanol–water partition coefficient (Wildman–Crippen LogP) is 12.1. The molecule has 4 nitrogen and oxygen atoms in total. The highest BCUT2D eigenvalue weighted by atomic mass is 15.0. The molecule has 0 bridgehead atoms. The summed E-state index contributed by atoms with van der Waals surface area (Å²) in [6, 6.07) is 65.9. The molecule has 0 unspecified atom stereocenters. The SMILES string of the molecule is N#Cc1c(-n2c3ccccc3c3ccccc32)cc(-c2ccc(-c3ccccc3)nc2-c2ccccc2)cc1-n1c2ccccc2c2ccccc21. The summed E-state index contributed by atoms with van der Waals surface area (Å²) in [6.45, 7) is 0. The van der Waals surface area contributed by atoms with E-state index in [1.54, 1.807) is 0 Å². The summed E-state index contributed by atoms with van der Waals surface area (Å²) in [6.07, 6.45) is 0. The van der Waals surface area contributed by atoms with Crippen molar-refractivity contribution < 1.29 is 0 Å². The van der Waals surface area contributed by atoms with Crippen molar-refractivity contribution in [2.24, 2.45) is 0 Å². The smallest absolute Gasteiger partial charge is 0.104 e. The molecule has 0 radical (unpaired) electrons. The van der Waals surface area contributed by atoms with Crippen LogP contribution in [-0.2, 0) is 0 Å². The lowest BCUT2D eigenvalue weighted by Crippen LogP contribution is -2.05. The Morgan fingerprint density at radius 3 is 1.25 bits per heavy atom. The van der Waals surface area contributed by atoms with Gasteiger partial charge >= 0.3 is 0 Å². The van der Waals surface area contributed by atoms with Crippen LogP contribution in [0.4, 0.5) is 0 Å². The summed E-state index contributed by atoms with van der Waals surface area (Å²) in [4.78, 5) is 5.34. The van der Waals surface area contributed by atoms with E-state index in [0.29, 0.717) is 5.56 Å². The summed E-state index contributed by atoms with van der Waals surface area (Å²) in [7, 11) is 0. The van der Waals surface area contributed by atoms with E-state index < -0.39 is 0 Å². The molecule has 0 saturated carbocycles. The van der Waals surface area contributed by atoms with Gasteiger partial charge < -0.3 is 9.13 Å². The molecule has 242 valence electrons. The summed E-state index contributed by atoms with van der Waals surface area (Å²) in [5, 5.41) is 15.8. The molecule has 3 heterocycles. The van der Waals surface area contributed by atoms with Crippen LogP contribution in [0.3, 0.4) is 0 Å². The summed E-state index contributed by atoms with van der Waals surface area (Å²) in [5.41, 5.74) is 12.3. The zero-order valence-electron chi connectivity index (χ0n) is 28.1. The highest BCUT2D eigenvalue weighted by molar-refractivity contribution is 6.11. The molecule has 10 rings (SSSR count). The quantitative estimate of drug-likeness (QED) is 0.184. The maximum absolute atomic E-state index is 11.3. The van der Waals surface area contributed by atoms with Gasteiger partial charge in [-0.15, -0.1) is 0 Å². The van der Waals surface area contributed by atoms with Crippen LogP contribution in [0, 0.1) is 11.3 Å². The molecule has 52 heavy (non-hydrogen) atoms. The number of aromatic nitrogens is 3. The lowest BCUT2D eigenvalue weighted by atomic mass is 9.95. The number of para-hydroxylation sites is 4. The van der Waals surface area contributed by atoms with Crippen molar-refractivity contribution in [3.63, 3.8) is 0 Å². The number of pyridine rings is 1. The van der Waals surface area contributed by atoms with Gasteiger partial charge in [0.05, 0.1) is 44.8 Å². The number of hydrogen-bond donors (Lipinski definition) is 0. The van der Waals surface area contributed by atoms with Crippen LogP contribution < -0.4 is 0 Å². The van der Waals surface area contributed by atoms with E-state index in [2.05, 4.69) is 173 Å². The van der Waals surface area contributed by atoms with E-state index in [4.69, 9.17) is 4.98 Å². The van der Waals surface area contributed by atoms with Gasteiger partial charge in [-0.05, 0) is 48.0 Å². The molecular formula is C48H30N4. The van der Waals surface area contributed by atoms with E-state index >= 15 is 0 Å². The Labute approximate surface area is 300 Å². The zero-order chi connectivity index (χ0) is 34.6. The molecule has 4 heteroatoms. The van der Waals surface area contributed by atoms with Gasteiger partial charge in [-0.3, -0.25) is 0 Å². The minimum atomic E-state index is 0.594. The van der Waals surface area contributed by atoms with Crippen molar-refractivity contribution in [1.29, 1.82) is 5.26 Å². The molecule has 0 spiro atoms. The topological polar surface area (TPSA) is 46.5 Å². The minimum absolute atomic E-state index is 0.594. The fraction of sp³-hybridized carbons (Fsp3) is 0. The molecule has 0 N–H and O–H groups in total. The van der Waals surface area contributed by atoms with Crippen LogP contribution in [0.25, 0.3) is 88.6 Å². The van der Waals surface area contributed by atoms with E-state index in [1.165, 1.54) is 0 Å². The third-order valence-corrected chi connectivity index (χ3v) is 10.2. The van der Waals surface area contributed by atoms with Gasteiger partial charge in [0.15, 0.2) is 0 Å². The Balaban J connectivity index is 1.36.